The summed E-state index contributed by atoms with van der Waals surface area (Å²) in [5, 5.41) is 0. The molecule has 5 nitrogen and oxygen atoms in total. The minimum Gasteiger partial charge on any atom is -0.494 e. The fraction of sp³-hybridized carbons (Fsp3) is 0.400. The quantitative estimate of drug-likeness (QED) is 0.567. The minimum absolute atomic E-state index is 0.144. The number of ether oxygens (including phenoxy) is 4. The van der Waals surface area contributed by atoms with Crippen LogP contribution in [-0.4, -0.2) is 26.0 Å². The van der Waals surface area contributed by atoms with E-state index in [0.717, 1.165) is 25.0 Å². The van der Waals surface area contributed by atoms with Crippen molar-refractivity contribution in [3.05, 3.63) is 42.4 Å². The third kappa shape index (κ3) is 4.19. The van der Waals surface area contributed by atoms with Gasteiger partial charge < -0.3 is 18.9 Å². The Labute approximate surface area is 118 Å². The zero-order valence-electron chi connectivity index (χ0n) is 11.4. The molecular weight excluding hydrogens is 260 g/mol. The average Bonchev–Trinajstić information content (AvgIpc) is 3.00. The van der Waals surface area contributed by atoms with Crippen LogP contribution in [0.1, 0.15) is 29.6 Å². The van der Waals surface area contributed by atoms with Crippen LogP contribution < -0.4 is 4.74 Å². The predicted octanol–water partition coefficient (Wildman–Crippen LogP) is 2.87. The molecule has 1 heterocycles. The number of methoxy groups -OCH3 is 1. The van der Waals surface area contributed by atoms with E-state index in [-0.39, 0.29) is 12.3 Å². The van der Waals surface area contributed by atoms with Crippen LogP contribution in [0.3, 0.4) is 0 Å². The number of carbonyl (C=O) groups excluding carboxylic acids is 1. The van der Waals surface area contributed by atoms with Gasteiger partial charge in [-0.3, -0.25) is 0 Å². The van der Waals surface area contributed by atoms with Gasteiger partial charge in [-0.1, -0.05) is 0 Å². The van der Waals surface area contributed by atoms with E-state index in [0.29, 0.717) is 12.2 Å². The number of esters is 1. The maximum absolute atomic E-state index is 11.3. The molecule has 0 aliphatic carbocycles. The van der Waals surface area contributed by atoms with Gasteiger partial charge in [-0.2, -0.15) is 0 Å². The number of benzene rings is 1. The Hall–Kier alpha value is -2.17. The zero-order chi connectivity index (χ0) is 14.2. The monoisotopic (exact) mass is 278 g/mol. The van der Waals surface area contributed by atoms with Crippen molar-refractivity contribution in [2.24, 2.45) is 0 Å². The van der Waals surface area contributed by atoms with E-state index in [2.05, 4.69) is 4.74 Å². The van der Waals surface area contributed by atoms with E-state index in [1.165, 1.54) is 7.11 Å². The Kier molecular flexibility index (Phi) is 5.29. The van der Waals surface area contributed by atoms with Crippen LogP contribution in [0.25, 0.3) is 0 Å². The molecule has 0 N–H and O–H groups in total. The molecule has 0 spiro atoms. The van der Waals surface area contributed by atoms with Crippen molar-refractivity contribution in [1.29, 1.82) is 0 Å². The lowest BCUT2D eigenvalue weighted by Crippen LogP contribution is -2.07. The van der Waals surface area contributed by atoms with Gasteiger partial charge in [0.05, 0.1) is 19.3 Å². The van der Waals surface area contributed by atoms with Crippen LogP contribution in [0.2, 0.25) is 0 Å². The Morgan fingerprint density at radius 2 is 1.85 bits per heavy atom. The summed E-state index contributed by atoms with van der Waals surface area (Å²) < 4.78 is 20.6. The van der Waals surface area contributed by atoms with Gasteiger partial charge in [-0.25, -0.2) is 4.79 Å². The van der Waals surface area contributed by atoms with Crippen molar-refractivity contribution < 1.29 is 23.7 Å². The lowest BCUT2D eigenvalue weighted by molar-refractivity contribution is -0.0298. The Morgan fingerprint density at radius 1 is 1.15 bits per heavy atom. The van der Waals surface area contributed by atoms with E-state index in [1.54, 1.807) is 36.8 Å². The molecule has 0 saturated carbocycles. The summed E-state index contributed by atoms with van der Waals surface area (Å²) in [7, 11) is 1.36. The minimum atomic E-state index is -0.346. The molecule has 20 heavy (non-hydrogen) atoms. The summed E-state index contributed by atoms with van der Waals surface area (Å²) in [5.74, 6) is 0.398. The lowest BCUT2D eigenvalue weighted by atomic mass is 10.2. The van der Waals surface area contributed by atoms with Crippen molar-refractivity contribution in [3.63, 3.8) is 0 Å². The SMILES string of the molecule is COC(=O)c1ccc(OCCCCC2OC=CO2)cc1. The molecule has 0 amide bonds. The molecule has 0 atom stereocenters. The maximum atomic E-state index is 11.3. The average molecular weight is 278 g/mol. The van der Waals surface area contributed by atoms with Crippen molar-refractivity contribution in [3.8, 4) is 5.75 Å². The highest BCUT2D eigenvalue weighted by molar-refractivity contribution is 5.89. The second kappa shape index (κ2) is 7.43. The van der Waals surface area contributed by atoms with Crippen LogP contribution in [0, 0.1) is 0 Å². The van der Waals surface area contributed by atoms with Gasteiger partial charge in [-0.05, 0) is 37.1 Å². The van der Waals surface area contributed by atoms with E-state index >= 15 is 0 Å². The number of hydrogen-bond donors (Lipinski definition) is 0. The second-order valence-electron chi connectivity index (χ2n) is 4.33. The van der Waals surface area contributed by atoms with Crippen LogP contribution in [0.15, 0.2) is 36.8 Å². The summed E-state index contributed by atoms with van der Waals surface area (Å²) in [6, 6.07) is 6.90. The molecule has 0 saturated heterocycles. The molecule has 1 aliphatic heterocycles. The second-order valence-corrected chi connectivity index (χ2v) is 4.33. The first-order valence-corrected chi connectivity index (χ1v) is 6.57. The third-order valence-electron chi connectivity index (χ3n) is 2.89. The molecule has 0 aromatic heterocycles. The third-order valence-corrected chi connectivity index (χ3v) is 2.89. The van der Waals surface area contributed by atoms with Crippen molar-refractivity contribution in [2.45, 2.75) is 25.6 Å². The fourth-order valence-electron chi connectivity index (χ4n) is 1.82. The van der Waals surface area contributed by atoms with E-state index in [9.17, 15) is 4.79 Å². The Balaban J connectivity index is 1.62. The highest BCUT2D eigenvalue weighted by Crippen LogP contribution is 2.15. The van der Waals surface area contributed by atoms with Gasteiger partial charge in [0.2, 0.25) is 6.29 Å². The van der Waals surface area contributed by atoms with Crippen molar-refractivity contribution in [2.75, 3.05) is 13.7 Å². The highest BCUT2D eigenvalue weighted by atomic mass is 16.7. The molecule has 0 unspecified atom stereocenters. The van der Waals surface area contributed by atoms with Crippen molar-refractivity contribution >= 4 is 5.97 Å². The largest absolute Gasteiger partial charge is 0.494 e. The van der Waals surface area contributed by atoms with Gasteiger partial charge in [-0.15, -0.1) is 0 Å². The van der Waals surface area contributed by atoms with E-state index < -0.39 is 0 Å². The van der Waals surface area contributed by atoms with Gasteiger partial charge in [0, 0.05) is 6.42 Å². The maximum Gasteiger partial charge on any atom is 0.337 e. The van der Waals surface area contributed by atoms with E-state index in [4.69, 9.17) is 14.2 Å². The first-order chi connectivity index (χ1) is 9.79. The smallest absolute Gasteiger partial charge is 0.337 e. The Bertz CT molecular complexity index is 444. The van der Waals surface area contributed by atoms with Crippen molar-refractivity contribution in [1.82, 2.24) is 0 Å². The first-order valence-electron chi connectivity index (χ1n) is 6.57. The number of carbonyl (C=O) groups is 1. The van der Waals surface area contributed by atoms with E-state index in [1.807, 2.05) is 0 Å². The molecule has 0 bridgehead atoms. The topological polar surface area (TPSA) is 54.0 Å². The molecule has 0 fully saturated rings. The summed E-state index contributed by atoms with van der Waals surface area (Å²) in [6.45, 7) is 0.623. The van der Waals surface area contributed by atoms with Crippen LogP contribution in [-0.2, 0) is 14.2 Å². The molecule has 0 radical (unpaired) electrons. The molecule has 108 valence electrons. The zero-order valence-corrected chi connectivity index (χ0v) is 11.4. The van der Waals surface area contributed by atoms with Gasteiger partial charge in [0.25, 0.3) is 0 Å². The van der Waals surface area contributed by atoms with Gasteiger partial charge in [0.1, 0.15) is 18.3 Å². The van der Waals surface area contributed by atoms with Gasteiger partial charge in [0.15, 0.2) is 0 Å². The predicted molar refractivity (Wildman–Crippen MR) is 72.2 cm³/mol. The number of rotatable bonds is 7. The highest BCUT2D eigenvalue weighted by Gasteiger charge is 2.11. The number of hydrogen-bond acceptors (Lipinski definition) is 5. The van der Waals surface area contributed by atoms with Gasteiger partial charge >= 0.3 is 5.97 Å². The summed E-state index contributed by atoms with van der Waals surface area (Å²) in [6.07, 6.45) is 5.70. The van der Waals surface area contributed by atoms with Crippen LogP contribution in [0.5, 0.6) is 5.75 Å². The summed E-state index contributed by atoms with van der Waals surface area (Å²) in [5.41, 5.74) is 0.517. The normalized spacial score (nSPS) is 13.7. The lowest BCUT2D eigenvalue weighted by Gasteiger charge is -2.10. The fourth-order valence-corrected chi connectivity index (χ4v) is 1.82. The molecule has 5 heteroatoms. The molecule has 1 aliphatic rings. The molecule has 2 rings (SSSR count). The summed E-state index contributed by atoms with van der Waals surface area (Å²) in [4.78, 5) is 11.3. The molecule has 1 aromatic rings. The Morgan fingerprint density at radius 3 is 2.50 bits per heavy atom. The van der Waals surface area contributed by atoms with Crippen LogP contribution in [0.4, 0.5) is 0 Å². The summed E-state index contributed by atoms with van der Waals surface area (Å²) >= 11 is 0. The standard InChI is InChI=1S/C15H18O5/c1-17-15(16)12-5-7-13(8-6-12)18-9-3-2-4-14-19-10-11-20-14/h5-8,10-11,14H,2-4,9H2,1H3. The number of unbranched alkanes of at least 4 members (excludes halogenated alkanes) is 1. The molecule has 1 aromatic carbocycles. The first kappa shape index (κ1) is 14.2. The van der Waals surface area contributed by atoms with Crippen LogP contribution >= 0.6 is 0 Å². The molecular formula is C15H18O5.